The highest BCUT2D eigenvalue weighted by Crippen LogP contribution is 2.28. The Labute approximate surface area is 106 Å². The molecule has 2 aromatic heterocycles. The van der Waals surface area contributed by atoms with Crippen LogP contribution in [0.1, 0.15) is 19.0 Å². The molecule has 0 aromatic carbocycles. The van der Waals surface area contributed by atoms with Crippen molar-refractivity contribution in [1.82, 2.24) is 9.38 Å². The molecule has 0 amide bonds. The minimum atomic E-state index is -0.623. The molecule has 1 saturated heterocycles. The van der Waals surface area contributed by atoms with Crippen LogP contribution in [0.25, 0.3) is 5.65 Å². The highest BCUT2D eigenvalue weighted by molar-refractivity contribution is 5.56. The molecule has 3 rings (SSSR count). The molecule has 5 nitrogen and oxygen atoms in total. The maximum absolute atomic E-state index is 10.1. The van der Waals surface area contributed by atoms with E-state index in [0.717, 1.165) is 30.1 Å². The third kappa shape index (κ3) is 1.76. The van der Waals surface area contributed by atoms with Crippen molar-refractivity contribution in [2.24, 2.45) is 5.73 Å². The minimum absolute atomic E-state index is 0.444. The van der Waals surface area contributed by atoms with Crippen molar-refractivity contribution in [2.75, 3.05) is 18.0 Å². The summed E-state index contributed by atoms with van der Waals surface area (Å²) in [6.07, 6.45) is 2.74. The molecule has 1 unspecified atom stereocenters. The Kier molecular flexibility index (Phi) is 2.53. The van der Waals surface area contributed by atoms with E-state index < -0.39 is 5.60 Å². The molecular formula is C13H18N4O. The summed E-state index contributed by atoms with van der Waals surface area (Å²) in [5.74, 6) is 0.904. The van der Waals surface area contributed by atoms with Gasteiger partial charge in [-0.05, 0) is 25.5 Å². The van der Waals surface area contributed by atoms with Crippen molar-refractivity contribution in [2.45, 2.75) is 25.5 Å². The number of pyridine rings is 1. The van der Waals surface area contributed by atoms with E-state index in [4.69, 9.17) is 5.73 Å². The molecule has 5 heteroatoms. The van der Waals surface area contributed by atoms with E-state index >= 15 is 0 Å². The standard InChI is InChI=1S/C13H18N4O/c1-13(18)5-7-16(9-13)12-10(8-14)17-6-3-2-4-11(17)15-12/h2-4,6,18H,5,7-9,14H2,1H3. The molecule has 0 saturated carbocycles. The fourth-order valence-corrected chi connectivity index (χ4v) is 2.60. The first kappa shape index (κ1) is 11.5. The molecule has 18 heavy (non-hydrogen) atoms. The van der Waals surface area contributed by atoms with E-state index in [-0.39, 0.29) is 0 Å². The molecular weight excluding hydrogens is 228 g/mol. The van der Waals surface area contributed by atoms with Gasteiger partial charge in [0.25, 0.3) is 0 Å². The topological polar surface area (TPSA) is 66.8 Å². The first-order valence-corrected chi connectivity index (χ1v) is 6.24. The molecule has 1 fully saturated rings. The highest BCUT2D eigenvalue weighted by atomic mass is 16.3. The van der Waals surface area contributed by atoms with Crippen LogP contribution in [0.2, 0.25) is 0 Å². The summed E-state index contributed by atoms with van der Waals surface area (Å²) in [5, 5.41) is 10.1. The van der Waals surface area contributed by atoms with Gasteiger partial charge in [0.1, 0.15) is 5.65 Å². The van der Waals surface area contributed by atoms with Gasteiger partial charge in [0.2, 0.25) is 0 Å². The molecule has 96 valence electrons. The van der Waals surface area contributed by atoms with E-state index in [1.165, 1.54) is 0 Å². The van der Waals surface area contributed by atoms with Crippen LogP contribution in [0.15, 0.2) is 24.4 Å². The van der Waals surface area contributed by atoms with Crippen LogP contribution in [-0.2, 0) is 6.54 Å². The average molecular weight is 246 g/mol. The minimum Gasteiger partial charge on any atom is -0.388 e. The smallest absolute Gasteiger partial charge is 0.152 e. The second kappa shape index (κ2) is 3.96. The quantitative estimate of drug-likeness (QED) is 0.820. The number of hydrogen-bond acceptors (Lipinski definition) is 4. The second-order valence-electron chi connectivity index (χ2n) is 5.18. The molecule has 0 radical (unpaired) electrons. The van der Waals surface area contributed by atoms with Gasteiger partial charge in [-0.2, -0.15) is 0 Å². The summed E-state index contributed by atoms with van der Waals surface area (Å²) in [7, 11) is 0. The number of anilines is 1. The Balaban J connectivity index is 2.07. The molecule has 0 spiro atoms. The van der Waals surface area contributed by atoms with Crippen molar-refractivity contribution in [3.05, 3.63) is 30.1 Å². The van der Waals surface area contributed by atoms with Gasteiger partial charge in [-0.25, -0.2) is 4.98 Å². The van der Waals surface area contributed by atoms with Gasteiger partial charge in [-0.3, -0.25) is 0 Å². The Morgan fingerprint density at radius 1 is 1.50 bits per heavy atom. The fraction of sp³-hybridized carbons (Fsp3) is 0.462. The van der Waals surface area contributed by atoms with Crippen molar-refractivity contribution in [3.8, 4) is 0 Å². The molecule has 1 aliphatic rings. The zero-order chi connectivity index (χ0) is 12.8. The first-order chi connectivity index (χ1) is 8.61. The van der Waals surface area contributed by atoms with Crippen LogP contribution in [0.4, 0.5) is 5.82 Å². The molecule has 1 aliphatic heterocycles. The van der Waals surface area contributed by atoms with E-state index in [1.54, 1.807) is 0 Å². The van der Waals surface area contributed by atoms with Crippen LogP contribution >= 0.6 is 0 Å². The van der Waals surface area contributed by atoms with Gasteiger partial charge in [0.15, 0.2) is 5.82 Å². The van der Waals surface area contributed by atoms with E-state index in [0.29, 0.717) is 13.1 Å². The van der Waals surface area contributed by atoms with Crippen LogP contribution in [0.5, 0.6) is 0 Å². The molecule has 0 aliphatic carbocycles. The lowest BCUT2D eigenvalue weighted by Gasteiger charge is -2.19. The van der Waals surface area contributed by atoms with Crippen LogP contribution in [-0.4, -0.2) is 33.2 Å². The SMILES string of the molecule is CC1(O)CCN(c2nc3ccccn3c2CN)C1. The predicted octanol–water partition coefficient (Wildman–Crippen LogP) is 0.754. The highest BCUT2D eigenvalue weighted by Gasteiger charge is 2.33. The van der Waals surface area contributed by atoms with Gasteiger partial charge < -0.3 is 20.1 Å². The van der Waals surface area contributed by atoms with Gasteiger partial charge >= 0.3 is 0 Å². The number of nitrogens with zero attached hydrogens (tertiary/aromatic N) is 3. The number of rotatable bonds is 2. The van der Waals surface area contributed by atoms with E-state index in [1.807, 2.05) is 35.7 Å². The van der Waals surface area contributed by atoms with Crippen molar-refractivity contribution < 1.29 is 5.11 Å². The van der Waals surface area contributed by atoms with Crippen molar-refractivity contribution >= 4 is 11.5 Å². The Morgan fingerprint density at radius 2 is 2.33 bits per heavy atom. The monoisotopic (exact) mass is 246 g/mol. The Bertz CT molecular complexity index is 575. The number of aliphatic hydroxyl groups is 1. The summed E-state index contributed by atoms with van der Waals surface area (Å²) >= 11 is 0. The Morgan fingerprint density at radius 3 is 3.00 bits per heavy atom. The Hall–Kier alpha value is -1.59. The number of fused-ring (bicyclic) bond motifs is 1. The van der Waals surface area contributed by atoms with Gasteiger partial charge in [-0.15, -0.1) is 0 Å². The zero-order valence-electron chi connectivity index (χ0n) is 10.5. The number of hydrogen-bond donors (Lipinski definition) is 2. The zero-order valence-corrected chi connectivity index (χ0v) is 10.5. The molecule has 3 N–H and O–H groups in total. The molecule has 2 aromatic rings. The predicted molar refractivity (Wildman–Crippen MR) is 70.5 cm³/mol. The van der Waals surface area contributed by atoms with Crippen LogP contribution in [0.3, 0.4) is 0 Å². The number of aromatic nitrogens is 2. The average Bonchev–Trinajstić information content (AvgIpc) is 2.88. The first-order valence-electron chi connectivity index (χ1n) is 6.24. The second-order valence-corrected chi connectivity index (χ2v) is 5.18. The fourth-order valence-electron chi connectivity index (χ4n) is 2.60. The van der Waals surface area contributed by atoms with Crippen molar-refractivity contribution in [3.63, 3.8) is 0 Å². The number of β-amino-alcohol motifs (C(OH)–C–C–N with tert-alkyl or cyclic N) is 1. The number of nitrogens with two attached hydrogens (primary N) is 1. The lowest BCUT2D eigenvalue weighted by Crippen LogP contribution is -2.30. The van der Waals surface area contributed by atoms with Gasteiger partial charge in [-0.1, -0.05) is 6.07 Å². The maximum atomic E-state index is 10.1. The van der Waals surface area contributed by atoms with Crippen molar-refractivity contribution in [1.29, 1.82) is 0 Å². The third-order valence-electron chi connectivity index (χ3n) is 3.55. The summed E-state index contributed by atoms with van der Waals surface area (Å²) in [5.41, 5.74) is 7.13. The van der Waals surface area contributed by atoms with E-state index in [9.17, 15) is 5.11 Å². The summed E-state index contributed by atoms with van der Waals surface area (Å²) < 4.78 is 2.02. The summed E-state index contributed by atoms with van der Waals surface area (Å²) in [6.45, 7) is 3.75. The number of imidazole rings is 1. The molecule has 0 bridgehead atoms. The van der Waals surface area contributed by atoms with E-state index in [2.05, 4.69) is 9.88 Å². The largest absolute Gasteiger partial charge is 0.388 e. The van der Waals surface area contributed by atoms with Gasteiger partial charge in [0.05, 0.1) is 11.3 Å². The maximum Gasteiger partial charge on any atom is 0.152 e. The normalized spacial score (nSPS) is 24.1. The molecule has 3 heterocycles. The third-order valence-corrected chi connectivity index (χ3v) is 3.55. The van der Waals surface area contributed by atoms with Crippen LogP contribution in [0, 0.1) is 0 Å². The molecule has 1 atom stereocenters. The lowest BCUT2D eigenvalue weighted by molar-refractivity contribution is 0.0839. The van der Waals surface area contributed by atoms with Gasteiger partial charge in [0, 0.05) is 25.8 Å². The summed E-state index contributed by atoms with van der Waals surface area (Å²) in [4.78, 5) is 6.75. The lowest BCUT2D eigenvalue weighted by atomic mass is 10.1. The van der Waals surface area contributed by atoms with Crippen LogP contribution < -0.4 is 10.6 Å². The summed E-state index contributed by atoms with van der Waals surface area (Å²) in [6, 6.07) is 5.90.